The van der Waals surface area contributed by atoms with Gasteiger partial charge in [0.15, 0.2) is 0 Å². The van der Waals surface area contributed by atoms with Crippen LogP contribution in [-0.4, -0.2) is 80.3 Å². The number of aromatic nitrogens is 4. The van der Waals surface area contributed by atoms with Gasteiger partial charge in [0.2, 0.25) is 15.2 Å². The van der Waals surface area contributed by atoms with E-state index in [2.05, 4.69) is 20.0 Å². The van der Waals surface area contributed by atoms with Gasteiger partial charge in [-0.25, -0.2) is 22.9 Å². The number of hydrogen-bond donors (Lipinski definition) is 2. The van der Waals surface area contributed by atoms with Crippen LogP contribution in [0.2, 0.25) is 0 Å². The van der Waals surface area contributed by atoms with Crippen molar-refractivity contribution in [2.75, 3.05) is 21.9 Å². The quantitative estimate of drug-likeness (QED) is 0.204. The molecule has 0 saturated heterocycles. The van der Waals surface area contributed by atoms with Crippen molar-refractivity contribution in [3.63, 3.8) is 0 Å². The summed E-state index contributed by atoms with van der Waals surface area (Å²) in [6.07, 6.45) is -0.657. The highest BCUT2D eigenvalue weighted by Gasteiger charge is 2.35. The number of hydrogen-bond acceptors (Lipinski definition) is 11. The minimum atomic E-state index is -3.99. The lowest BCUT2D eigenvalue weighted by atomic mass is 10.1. The van der Waals surface area contributed by atoms with Crippen LogP contribution in [0.4, 0.5) is 26.1 Å². The van der Waals surface area contributed by atoms with Gasteiger partial charge >= 0.3 is 12.2 Å². The third kappa shape index (κ3) is 6.45. The Morgan fingerprint density at radius 1 is 0.979 bits per heavy atom. The molecule has 0 spiro atoms. The average Bonchev–Trinajstić information content (AvgIpc) is 3.73. The predicted octanol–water partition coefficient (Wildman–Crippen LogP) is 5.19. The van der Waals surface area contributed by atoms with Crippen molar-refractivity contribution in [3.05, 3.63) is 84.1 Å². The second-order valence-electron chi connectivity index (χ2n) is 11.6. The van der Waals surface area contributed by atoms with Crippen LogP contribution in [0, 0.1) is 0 Å². The van der Waals surface area contributed by atoms with E-state index >= 15 is 0 Å². The van der Waals surface area contributed by atoms with Crippen molar-refractivity contribution < 1.29 is 37.4 Å². The molecule has 0 radical (unpaired) electrons. The third-order valence-corrected chi connectivity index (χ3v) is 9.24. The van der Waals surface area contributed by atoms with E-state index in [1.807, 2.05) is 0 Å². The number of ether oxygens (including phenoxy) is 1. The highest BCUT2D eigenvalue weighted by Crippen LogP contribution is 2.36. The molecule has 0 aliphatic carbocycles. The molecular formula is C31H27N7O8S2. The number of benzene rings is 3. The van der Waals surface area contributed by atoms with Gasteiger partial charge in [-0.2, -0.15) is 9.78 Å². The lowest BCUT2D eigenvalue weighted by Gasteiger charge is -2.25. The van der Waals surface area contributed by atoms with Crippen molar-refractivity contribution in [3.8, 4) is 10.6 Å². The SMILES string of the molecule is CC(C)(C)OC(=O)N(c1ccc2c(cnn2C(=O)O)c1)c1nnc(-c2cccc(NS(=O)(=O)CCN3C(=O)c4ccccc4C3=O)c2)s1. The van der Waals surface area contributed by atoms with E-state index in [0.29, 0.717) is 27.2 Å². The zero-order valence-corrected chi connectivity index (χ0v) is 27.3. The molecule has 0 bridgehead atoms. The number of imide groups is 1. The fraction of sp³-hybridized carbons (Fsp3) is 0.194. The Bertz CT molecular complexity index is 2190. The minimum absolute atomic E-state index is 0.135. The Balaban J connectivity index is 1.22. The molecule has 15 nitrogen and oxygen atoms in total. The van der Waals surface area contributed by atoms with E-state index in [1.165, 1.54) is 47.5 Å². The Morgan fingerprint density at radius 2 is 1.69 bits per heavy atom. The van der Waals surface area contributed by atoms with Gasteiger partial charge in [0, 0.05) is 23.2 Å². The molecule has 0 saturated carbocycles. The number of nitrogens with one attached hydrogen (secondary N) is 1. The summed E-state index contributed by atoms with van der Waals surface area (Å²) in [5.41, 5.74) is 0.943. The summed E-state index contributed by atoms with van der Waals surface area (Å²) in [6, 6.07) is 17.3. The van der Waals surface area contributed by atoms with Gasteiger partial charge in [-0.15, -0.1) is 10.2 Å². The lowest BCUT2D eigenvalue weighted by Crippen LogP contribution is -2.35. The van der Waals surface area contributed by atoms with Gasteiger partial charge in [0.1, 0.15) is 10.6 Å². The lowest BCUT2D eigenvalue weighted by molar-refractivity contribution is 0.0596. The first-order valence-corrected chi connectivity index (χ1v) is 16.8. The highest BCUT2D eigenvalue weighted by molar-refractivity contribution is 7.92. The normalized spacial score (nSPS) is 13.1. The van der Waals surface area contributed by atoms with E-state index in [9.17, 15) is 32.7 Å². The molecule has 1 aliphatic heterocycles. The molecule has 6 rings (SSSR count). The van der Waals surface area contributed by atoms with E-state index in [-0.39, 0.29) is 28.5 Å². The predicted molar refractivity (Wildman–Crippen MR) is 176 cm³/mol. The fourth-order valence-corrected chi connectivity index (χ4v) is 6.80. The third-order valence-electron chi connectivity index (χ3n) is 7.02. The van der Waals surface area contributed by atoms with Crippen LogP contribution in [0.3, 0.4) is 0 Å². The van der Waals surface area contributed by atoms with Crippen LogP contribution in [0.1, 0.15) is 41.5 Å². The molecule has 3 heterocycles. The highest BCUT2D eigenvalue weighted by atomic mass is 32.2. The summed E-state index contributed by atoms with van der Waals surface area (Å²) in [6.45, 7) is 4.80. The molecule has 2 aromatic heterocycles. The Morgan fingerprint density at radius 3 is 2.35 bits per heavy atom. The summed E-state index contributed by atoms with van der Waals surface area (Å²) < 4.78 is 34.9. The maximum atomic E-state index is 13.4. The fourth-order valence-electron chi connectivity index (χ4n) is 4.94. The number of anilines is 3. The van der Waals surface area contributed by atoms with Gasteiger partial charge in [-0.05, 0) is 63.2 Å². The standard InChI is InChI=1S/C31H27N7O8S2/c1-31(2,3)46-30(43)37(21-11-12-24-19(16-21)17-32-38(24)29(41)42)28-34-33-25(47-28)18-7-6-8-20(15-18)35-48(44,45)14-13-36-26(39)22-9-4-5-10-23(22)27(36)40/h4-12,15-17,35H,13-14H2,1-3H3,(H,41,42). The first-order valence-electron chi connectivity index (χ1n) is 14.3. The van der Waals surface area contributed by atoms with Gasteiger partial charge in [-0.1, -0.05) is 35.6 Å². The van der Waals surface area contributed by atoms with Crippen LogP contribution in [0.15, 0.2) is 72.9 Å². The van der Waals surface area contributed by atoms with Crippen molar-refractivity contribution >= 4 is 72.8 Å². The summed E-state index contributed by atoms with van der Waals surface area (Å²) >= 11 is 1.04. The molecule has 3 amide bonds. The van der Waals surface area contributed by atoms with Gasteiger partial charge in [0.25, 0.3) is 11.8 Å². The van der Waals surface area contributed by atoms with E-state index < -0.39 is 45.4 Å². The minimum Gasteiger partial charge on any atom is -0.463 e. The van der Waals surface area contributed by atoms with Crippen LogP contribution < -0.4 is 9.62 Å². The van der Waals surface area contributed by atoms with Crippen molar-refractivity contribution in [2.24, 2.45) is 0 Å². The Kier molecular flexibility index (Phi) is 8.18. The largest absolute Gasteiger partial charge is 0.463 e. The molecule has 48 heavy (non-hydrogen) atoms. The zero-order chi connectivity index (χ0) is 34.4. The molecule has 5 aromatic rings. The summed E-state index contributed by atoms with van der Waals surface area (Å²) in [5.74, 6) is -1.61. The number of nitrogens with zero attached hydrogens (tertiary/aromatic N) is 6. The number of rotatable bonds is 8. The molecule has 246 valence electrons. The number of amides is 3. The molecule has 17 heteroatoms. The first kappa shape index (κ1) is 32.3. The number of fused-ring (bicyclic) bond motifs is 2. The van der Waals surface area contributed by atoms with Gasteiger partial charge in [-0.3, -0.25) is 19.2 Å². The smallest absolute Gasteiger partial charge is 0.432 e. The number of carbonyl (C=O) groups excluding carboxylic acids is 3. The summed E-state index contributed by atoms with van der Waals surface area (Å²) in [5, 5.41) is 22.7. The Labute approximate surface area is 277 Å². The molecule has 2 N–H and O–H groups in total. The van der Waals surface area contributed by atoms with Gasteiger partial charge in [0.05, 0.1) is 34.3 Å². The number of carboxylic acid groups (broad SMARTS) is 1. The summed E-state index contributed by atoms with van der Waals surface area (Å²) in [4.78, 5) is 52.3. The maximum Gasteiger partial charge on any atom is 0.432 e. The second-order valence-corrected chi connectivity index (χ2v) is 14.4. The molecule has 0 atom stereocenters. The van der Waals surface area contributed by atoms with Crippen LogP contribution in [0.25, 0.3) is 21.5 Å². The van der Waals surface area contributed by atoms with Crippen LogP contribution in [0.5, 0.6) is 0 Å². The van der Waals surface area contributed by atoms with Crippen LogP contribution in [-0.2, 0) is 14.8 Å². The van der Waals surface area contributed by atoms with Crippen molar-refractivity contribution in [1.29, 1.82) is 0 Å². The molecule has 3 aromatic carbocycles. The number of carbonyl (C=O) groups is 4. The van der Waals surface area contributed by atoms with Crippen molar-refractivity contribution in [1.82, 2.24) is 24.9 Å². The summed E-state index contributed by atoms with van der Waals surface area (Å²) in [7, 11) is -3.99. The van der Waals surface area contributed by atoms with E-state index in [0.717, 1.165) is 20.9 Å². The molecular weight excluding hydrogens is 663 g/mol. The molecule has 0 fully saturated rings. The van der Waals surface area contributed by atoms with Crippen molar-refractivity contribution in [2.45, 2.75) is 26.4 Å². The van der Waals surface area contributed by atoms with E-state index in [1.54, 1.807) is 51.1 Å². The van der Waals surface area contributed by atoms with Crippen LogP contribution >= 0.6 is 11.3 Å². The van der Waals surface area contributed by atoms with Gasteiger partial charge < -0.3 is 9.84 Å². The maximum absolute atomic E-state index is 13.4. The molecule has 1 aliphatic rings. The topological polar surface area (TPSA) is 194 Å². The Hall–Kier alpha value is -5.68. The monoisotopic (exact) mass is 689 g/mol. The second kappa shape index (κ2) is 12.2. The first-order chi connectivity index (χ1) is 22.7. The average molecular weight is 690 g/mol. The number of sulfonamides is 1. The van der Waals surface area contributed by atoms with E-state index in [4.69, 9.17) is 4.74 Å². The zero-order valence-electron chi connectivity index (χ0n) is 25.6. The molecule has 0 unspecified atom stereocenters.